The fraction of sp³-hybridized carbons (Fsp3) is 0.440. The molecule has 1 atom stereocenters. The maximum absolute atomic E-state index is 13.2. The van der Waals surface area contributed by atoms with Crippen molar-refractivity contribution in [1.82, 2.24) is 19.7 Å². The normalized spacial score (nSPS) is 20.7. The maximum atomic E-state index is 13.2. The third-order valence-electron chi connectivity index (χ3n) is 6.91. The van der Waals surface area contributed by atoms with Crippen LogP contribution in [0.5, 0.6) is 0 Å². The molecule has 0 bridgehead atoms. The van der Waals surface area contributed by atoms with Crippen LogP contribution >= 0.6 is 11.3 Å². The summed E-state index contributed by atoms with van der Waals surface area (Å²) in [5.74, 6) is -0.697. The molecule has 14 heteroatoms. The first-order chi connectivity index (χ1) is 18.3. The number of nitrogens with zero attached hydrogens (tertiary/aromatic N) is 5. The van der Waals surface area contributed by atoms with E-state index in [1.165, 1.54) is 16.2 Å². The largest absolute Gasteiger partial charge is 0.435 e. The van der Waals surface area contributed by atoms with Crippen molar-refractivity contribution < 1.29 is 36.0 Å². The van der Waals surface area contributed by atoms with Crippen LogP contribution in [0.4, 0.5) is 26.3 Å². The van der Waals surface area contributed by atoms with E-state index in [0.717, 1.165) is 16.3 Å². The van der Waals surface area contributed by atoms with E-state index < -0.39 is 41.8 Å². The summed E-state index contributed by atoms with van der Waals surface area (Å²) in [5.41, 5.74) is -1.45. The van der Waals surface area contributed by atoms with Gasteiger partial charge < -0.3 is 9.74 Å². The molecule has 208 valence electrons. The van der Waals surface area contributed by atoms with Gasteiger partial charge in [0.05, 0.1) is 10.7 Å². The number of rotatable bonds is 5. The number of halogens is 6. The fourth-order valence-electron chi connectivity index (χ4n) is 4.74. The van der Waals surface area contributed by atoms with Crippen molar-refractivity contribution in [2.45, 2.75) is 56.6 Å². The number of hydrogen-bond acceptors (Lipinski definition) is 6. The molecule has 4 heterocycles. The SMILES string of the molecule is C[C@]1(c2ccccc2)CC(c2csc(C3CCN(C(=O)Cn4nc(C(F)(F)F)cc4C(F)(F)F)CC3)n2)=NO1. The Morgan fingerprint density at radius 3 is 2.44 bits per heavy atom. The smallest absolute Gasteiger partial charge is 0.384 e. The van der Waals surface area contributed by atoms with Gasteiger partial charge in [-0.2, -0.15) is 31.4 Å². The highest BCUT2D eigenvalue weighted by molar-refractivity contribution is 7.10. The summed E-state index contributed by atoms with van der Waals surface area (Å²) >= 11 is 1.46. The Balaban J connectivity index is 1.20. The van der Waals surface area contributed by atoms with Gasteiger partial charge in [-0.1, -0.05) is 35.5 Å². The maximum Gasteiger partial charge on any atom is 0.435 e. The van der Waals surface area contributed by atoms with Gasteiger partial charge in [0.2, 0.25) is 5.91 Å². The Morgan fingerprint density at radius 1 is 1.10 bits per heavy atom. The number of carbonyl (C=O) groups excluding carboxylic acids is 1. The summed E-state index contributed by atoms with van der Waals surface area (Å²) in [5, 5.41) is 10.0. The number of piperidine rings is 1. The Labute approximate surface area is 223 Å². The van der Waals surface area contributed by atoms with Gasteiger partial charge in [0, 0.05) is 36.9 Å². The van der Waals surface area contributed by atoms with Crippen LogP contribution in [0, 0.1) is 0 Å². The average Bonchev–Trinajstić information content (AvgIpc) is 3.63. The lowest BCUT2D eigenvalue weighted by molar-refractivity contribution is -0.146. The van der Waals surface area contributed by atoms with E-state index in [9.17, 15) is 31.1 Å². The van der Waals surface area contributed by atoms with Gasteiger partial charge in [-0.25, -0.2) is 4.98 Å². The molecule has 39 heavy (non-hydrogen) atoms. The van der Waals surface area contributed by atoms with Crippen molar-refractivity contribution in [3.63, 3.8) is 0 Å². The second kappa shape index (κ2) is 9.96. The average molecular weight is 572 g/mol. The topological polar surface area (TPSA) is 72.6 Å². The number of aromatic nitrogens is 3. The van der Waals surface area contributed by atoms with Crippen LogP contribution in [0.1, 0.15) is 59.8 Å². The van der Waals surface area contributed by atoms with Crippen LogP contribution < -0.4 is 0 Å². The molecule has 1 amide bonds. The highest BCUT2D eigenvalue weighted by Crippen LogP contribution is 2.38. The molecule has 0 radical (unpaired) electrons. The van der Waals surface area contributed by atoms with E-state index in [1.54, 1.807) is 0 Å². The molecule has 0 spiro atoms. The van der Waals surface area contributed by atoms with Crippen molar-refractivity contribution in [1.29, 1.82) is 0 Å². The Morgan fingerprint density at radius 2 is 1.79 bits per heavy atom. The Kier molecular flexibility index (Phi) is 6.93. The molecule has 7 nitrogen and oxygen atoms in total. The second-order valence-electron chi connectivity index (χ2n) is 9.70. The molecule has 2 aliphatic heterocycles. The molecule has 2 aromatic heterocycles. The third-order valence-corrected chi connectivity index (χ3v) is 7.91. The first kappa shape index (κ1) is 27.2. The Hall–Kier alpha value is -3.42. The van der Waals surface area contributed by atoms with Gasteiger partial charge in [0.15, 0.2) is 11.3 Å². The molecule has 3 aromatic rings. The number of hydrogen-bond donors (Lipinski definition) is 0. The zero-order valence-electron chi connectivity index (χ0n) is 20.6. The van der Waals surface area contributed by atoms with Gasteiger partial charge >= 0.3 is 12.4 Å². The predicted molar refractivity (Wildman–Crippen MR) is 129 cm³/mol. The molecule has 5 rings (SSSR count). The lowest BCUT2D eigenvalue weighted by Gasteiger charge is -2.31. The first-order valence-corrected chi connectivity index (χ1v) is 13.0. The van der Waals surface area contributed by atoms with E-state index in [-0.39, 0.29) is 29.8 Å². The van der Waals surface area contributed by atoms with E-state index in [0.29, 0.717) is 25.0 Å². The van der Waals surface area contributed by atoms with Gasteiger partial charge in [0.1, 0.15) is 18.0 Å². The number of carbonyl (C=O) groups is 1. The van der Waals surface area contributed by atoms with Gasteiger partial charge in [-0.05, 0) is 25.3 Å². The summed E-state index contributed by atoms with van der Waals surface area (Å²) in [6.07, 6.45) is -8.56. The number of benzene rings is 1. The van der Waals surface area contributed by atoms with E-state index in [2.05, 4.69) is 10.3 Å². The molecule has 0 N–H and O–H groups in total. The first-order valence-electron chi connectivity index (χ1n) is 12.1. The predicted octanol–water partition coefficient (Wildman–Crippen LogP) is 5.82. The highest BCUT2D eigenvalue weighted by Gasteiger charge is 2.42. The summed E-state index contributed by atoms with van der Waals surface area (Å²) in [7, 11) is 0. The van der Waals surface area contributed by atoms with E-state index in [1.807, 2.05) is 42.6 Å². The van der Waals surface area contributed by atoms with Crippen molar-refractivity contribution in [2.24, 2.45) is 5.16 Å². The minimum Gasteiger partial charge on any atom is -0.384 e. The molecule has 1 aromatic carbocycles. The number of amides is 1. The molecule has 0 aliphatic carbocycles. The third kappa shape index (κ3) is 5.65. The highest BCUT2D eigenvalue weighted by atomic mass is 32.1. The molecule has 1 saturated heterocycles. The summed E-state index contributed by atoms with van der Waals surface area (Å²) in [6, 6.07) is 9.67. The minimum atomic E-state index is -5.08. The number of oxime groups is 1. The lowest BCUT2D eigenvalue weighted by Crippen LogP contribution is -2.40. The van der Waals surface area contributed by atoms with E-state index >= 15 is 0 Å². The van der Waals surface area contributed by atoms with Crippen LogP contribution in [-0.2, 0) is 34.1 Å². The van der Waals surface area contributed by atoms with Gasteiger partial charge in [-0.3, -0.25) is 9.48 Å². The Bertz CT molecular complexity index is 1380. The molecule has 0 saturated carbocycles. The molecular weight excluding hydrogens is 548 g/mol. The molecule has 0 unspecified atom stereocenters. The summed E-state index contributed by atoms with van der Waals surface area (Å²) < 4.78 is 78.6. The minimum absolute atomic E-state index is 0.0310. The number of thiazole rings is 1. The monoisotopic (exact) mass is 571 g/mol. The number of alkyl halides is 6. The zero-order valence-corrected chi connectivity index (χ0v) is 21.4. The molecule has 1 fully saturated rings. The van der Waals surface area contributed by atoms with E-state index in [4.69, 9.17) is 9.82 Å². The standard InChI is InChI=1S/C25H23F6N5O2S/c1-23(16-5-3-2-4-6-16)12-17(34-38-23)18-14-39-22(32-18)15-7-9-35(10-8-15)21(37)13-36-20(25(29,30)31)11-19(33-36)24(26,27)28/h2-6,11,14-15H,7-10,12-13H2,1H3/t23-/m1/s1. The quantitative estimate of drug-likeness (QED) is 0.362. The fourth-order valence-corrected chi connectivity index (χ4v) is 5.74. The molecule has 2 aliphatic rings. The van der Waals surface area contributed by atoms with Crippen LogP contribution in [0.3, 0.4) is 0 Å². The second-order valence-corrected chi connectivity index (χ2v) is 10.6. The van der Waals surface area contributed by atoms with Crippen molar-refractivity contribution in [3.8, 4) is 0 Å². The van der Waals surface area contributed by atoms with Crippen LogP contribution in [-0.4, -0.2) is 44.4 Å². The van der Waals surface area contributed by atoms with Crippen molar-refractivity contribution in [2.75, 3.05) is 13.1 Å². The van der Waals surface area contributed by atoms with Gasteiger partial charge in [-0.15, -0.1) is 11.3 Å². The van der Waals surface area contributed by atoms with Crippen LogP contribution in [0.2, 0.25) is 0 Å². The van der Waals surface area contributed by atoms with Crippen molar-refractivity contribution in [3.05, 3.63) is 69.4 Å². The lowest BCUT2D eigenvalue weighted by atomic mass is 9.90. The molecular formula is C25H23F6N5O2S. The van der Waals surface area contributed by atoms with Crippen LogP contribution in [0.25, 0.3) is 0 Å². The number of likely N-dealkylation sites (tertiary alicyclic amines) is 1. The summed E-state index contributed by atoms with van der Waals surface area (Å²) in [6.45, 7) is 1.51. The van der Waals surface area contributed by atoms with Crippen LogP contribution in [0.15, 0.2) is 46.9 Å². The van der Waals surface area contributed by atoms with Gasteiger partial charge in [0.25, 0.3) is 0 Å². The van der Waals surface area contributed by atoms with Crippen molar-refractivity contribution >= 4 is 23.0 Å². The summed E-state index contributed by atoms with van der Waals surface area (Å²) in [4.78, 5) is 24.5. The zero-order chi connectivity index (χ0) is 28.0.